The van der Waals surface area contributed by atoms with E-state index in [0.29, 0.717) is 6.42 Å². The number of H-pyrrole nitrogens is 1. The van der Waals surface area contributed by atoms with Crippen LogP contribution in [-0.2, 0) is 6.42 Å². The summed E-state index contributed by atoms with van der Waals surface area (Å²) in [6.45, 7) is 5.93. The molecule has 0 radical (unpaired) electrons. The molecule has 0 amide bonds. The van der Waals surface area contributed by atoms with Crippen molar-refractivity contribution in [2.75, 3.05) is 0 Å². The normalized spacial score (nSPS) is 11.1. The molecule has 2 aromatic heterocycles. The van der Waals surface area contributed by atoms with Gasteiger partial charge in [-0.15, -0.1) is 11.3 Å². The fraction of sp³-hybridized carbons (Fsp3) is 0.385. The third-order valence-electron chi connectivity index (χ3n) is 2.69. The van der Waals surface area contributed by atoms with Crippen LogP contribution in [0.3, 0.4) is 0 Å². The lowest BCUT2D eigenvalue weighted by Gasteiger charge is -2.09. The van der Waals surface area contributed by atoms with Crippen molar-refractivity contribution in [2.24, 2.45) is 0 Å². The molecule has 0 spiro atoms. The highest BCUT2D eigenvalue weighted by atomic mass is 32.1. The van der Waals surface area contributed by atoms with Gasteiger partial charge in [-0.05, 0) is 24.3 Å². The summed E-state index contributed by atoms with van der Waals surface area (Å²) in [7, 11) is 0. The van der Waals surface area contributed by atoms with Crippen LogP contribution in [0.5, 0.6) is 0 Å². The number of aromatic amines is 1. The van der Waals surface area contributed by atoms with Crippen molar-refractivity contribution < 1.29 is 0 Å². The van der Waals surface area contributed by atoms with E-state index in [4.69, 9.17) is 0 Å². The SMILES string of the molecule is Cc1nc(Cc2cccs2)[nH]c(=O)c1C(C)C. The molecule has 0 saturated heterocycles. The summed E-state index contributed by atoms with van der Waals surface area (Å²) in [5.41, 5.74) is 1.63. The van der Waals surface area contributed by atoms with Crippen molar-refractivity contribution in [1.82, 2.24) is 9.97 Å². The maximum atomic E-state index is 11.9. The molecule has 3 nitrogen and oxygen atoms in total. The predicted molar refractivity (Wildman–Crippen MR) is 70.8 cm³/mol. The van der Waals surface area contributed by atoms with E-state index >= 15 is 0 Å². The molecule has 0 aliphatic carbocycles. The van der Waals surface area contributed by atoms with Crippen molar-refractivity contribution in [3.8, 4) is 0 Å². The third-order valence-corrected chi connectivity index (χ3v) is 3.57. The Morgan fingerprint density at radius 1 is 1.47 bits per heavy atom. The molecule has 2 aromatic rings. The van der Waals surface area contributed by atoms with Gasteiger partial charge in [0.1, 0.15) is 5.82 Å². The van der Waals surface area contributed by atoms with Crippen molar-refractivity contribution >= 4 is 11.3 Å². The summed E-state index contributed by atoms with van der Waals surface area (Å²) in [6.07, 6.45) is 0.701. The monoisotopic (exact) mass is 248 g/mol. The minimum Gasteiger partial charge on any atom is -0.310 e. The Morgan fingerprint density at radius 2 is 2.24 bits per heavy atom. The van der Waals surface area contributed by atoms with Crippen LogP contribution in [0.15, 0.2) is 22.3 Å². The van der Waals surface area contributed by atoms with E-state index in [9.17, 15) is 4.79 Å². The van der Waals surface area contributed by atoms with Gasteiger partial charge in [0.15, 0.2) is 0 Å². The number of nitrogens with one attached hydrogen (secondary N) is 1. The van der Waals surface area contributed by atoms with E-state index in [0.717, 1.165) is 17.1 Å². The Bertz CT molecular complexity index is 555. The minimum absolute atomic E-state index is 0.000874. The topological polar surface area (TPSA) is 45.8 Å². The lowest BCUT2D eigenvalue weighted by atomic mass is 10.0. The van der Waals surface area contributed by atoms with Gasteiger partial charge in [-0.1, -0.05) is 19.9 Å². The Labute approximate surface area is 105 Å². The largest absolute Gasteiger partial charge is 0.310 e. The van der Waals surface area contributed by atoms with E-state index < -0.39 is 0 Å². The van der Waals surface area contributed by atoms with E-state index in [1.807, 2.05) is 32.2 Å². The van der Waals surface area contributed by atoms with Crippen LogP contribution < -0.4 is 5.56 Å². The zero-order valence-corrected chi connectivity index (χ0v) is 11.1. The highest BCUT2D eigenvalue weighted by Gasteiger charge is 2.11. The van der Waals surface area contributed by atoms with Gasteiger partial charge in [0, 0.05) is 22.6 Å². The molecule has 4 heteroatoms. The molecular weight excluding hydrogens is 232 g/mol. The van der Waals surface area contributed by atoms with Crippen molar-refractivity contribution in [1.29, 1.82) is 0 Å². The van der Waals surface area contributed by atoms with Crippen LogP contribution in [0.1, 0.15) is 41.7 Å². The van der Waals surface area contributed by atoms with Crippen LogP contribution in [0.2, 0.25) is 0 Å². The first-order valence-corrected chi connectivity index (χ1v) is 6.58. The zero-order chi connectivity index (χ0) is 12.4. The van der Waals surface area contributed by atoms with Gasteiger partial charge < -0.3 is 4.98 Å². The van der Waals surface area contributed by atoms with Gasteiger partial charge in [0.25, 0.3) is 5.56 Å². The summed E-state index contributed by atoms with van der Waals surface area (Å²) < 4.78 is 0. The number of hydrogen-bond acceptors (Lipinski definition) is 3. The van der Waals surface area contributed by atoms with Gasteiger partial charge in [0.05, 0.1) is 0 Å². The molecule has 0 aromatic carbocycles. The molecule has 2 rings (SSSR count). The standard InChI is InChI=1S/C13H16N2OS/c1-8(2)12-9(3)14-11(15-13(12)16)7-10-5-4-6-17-10/h4-6,8H,7H2,1-3H3,(H,14,15,16). The smallest absolute Gasteiger partial charge is 0.254 e. The Morgan fingerprint density at radius 3 is 2.76 bits per heavy atom. The van der Waals surface area contributed by atoms with Crippen LogP contribution in [0.4, 0.5) is 0 Å². The fourth-order valence-corrected chi connectivity index (χ4v) is 2.70. The molecule has 2 heterocycles. The lowest BCUT2D eigenvalue weighted by Crippen LogP contribution is -2.20. The van der Waals surface area contributed by atoms with Gasteiger partial charge in [-0.3, -0.25) is 4.79 Å². The maximum Gasteiger partial charge on any atom is 0.254 e. The maximum absolute atomic E-state index is 11.9. The van der Waals surface area contributed by atoms with Crippen molar-refractivity contribution in [3.63, 3.8) is 0 Å². The van der Waals surface area contributed by atoms with Crippen molar-refractivity contribution in [3.05, 3.63) is 49.8 Å². The number of rotatable bonds is 3. The number of nitrogens with zero attached hydrogens (tertiary/aromatic N) is 1. The van der Waals surface area contributed by atoms with E-state index in [1.54, 1.807) is 11.3 Å². The predicted octanol–water partition coefficient (Wildman–Crippen LogP) is 2.85. The highest BCUT2D eigenvalue weighted by Crippen LogP contribution is 2.15. The average molecular weight is 248 g/mol. The van der Waals surface area contributed by atoms with Gasteiger partial charge in [-0.25, -0.2) is 4.98 Å². The summed E-state index contributed by atoms with van der Waals surface area (Å²) in [5.74, 6) is 0.960. The second-order valence-electron chi connectivity index (χ2n) is 4.42. The molecule has 0 aliphatic heterocycles. The molecule has 1 N–H and O–H groups in total. The molecule has 0 aliphatic rings. The average Bonchev–Trinajstić information content (AvgIpc) is 2.68. The molecule has 0 atom stereocenters. The number of thiophene rings is 1. The van der Waals surface area contributed by atoms with Crippen molar-refractivity contribution in [2.45, 2.75) is 33.1 Å². The second-order valence-corrected chi connectivity index (χ2v) is 5.45. The van der Waals surface area contributed by atoms with Gasteiger partial charge in [-0.2, -0.15) is 0 Å². The number of aromatic nitrogens is 2. The summed E-state index contributed by atoms with van der Waals surface area (Å²) >= 11 is 1.68. The summed E-state index contributed by atoms with van der Waals surface area (Å²) in [5, 5.41) is 2.03. The van der Waals surface area contributed by atoms with Crippen LogP contribution in [0, 0.1) is 6.92 Å². The Hall–Kier alpha value is -1.42. The molecule has 0 saturated carbocycles. The minimum atomic E-state index is -0.000874. The zero-order valence-electron chi connectivity index (χ0n) is 10.3. The first kappa shape index (κ1) is 12.0. The van der Waals surface area contributed by atoms with Gasteiger partial charge >= 0.3 is 0 Å². The summed E-state index contributed by atoms with van der Waals surface area (Å²) in [4.78, 5) is 20.5. The molecule has 0 unspecified atom stereocenters. The molecule has 17 heavy (non-hydrogen) atoms. The van der Waals surface area contributed by atoms with Crippen LogP contribution in [0.25, 0.3) is 0 Å². The van der Waals surface area contributed by atoms with E-state index in [-0.39, 0.29) is 11.5 Å². The quantitative estimate of drug-likeness (QED) is 0.907. The Balaban J connectivity index is 2.36. The second kappa shape index (κ2) is 4.84. The molecule has 90 valence electrons. The van der Waals surface area contributed by atoms with Gasteiger partial charge in [0.2, 0.25) is 0 Å². The number of hydrogen-bond donors (Lipinski definition) is 1. The lowest BCUT2D eigenvalue weighted by molar-refractivity contribution is 0.792. The van der Waals surface area contributed by atoms with Crippen LogP contribution in [-0.4, -0.2) is 9.97 Å². The summed E-state index contributed by atoms with van der Waals surface area (Å²) in [6, 6.07) is 4.06. The van der Waals surface area contributed by atoms with E-state index in [2.05, 4.69) is 16.0 Å². The third kappa shape index (κ3) is 2.64. The first-order valence-electron chi connectivity index (χ1n) is 5.70. The molecule has 0 fully saturated rings. The van der Waals surface area contributed by atoms with Crippen LogP contribution >= 0.6 is 11.3 Å². The van der Waals surface area contributed by atoms with E-state index in [1.165, 1.54) is 4.88 Å². The molecular formula is C13H16N2OS. The molecule has 0 bridgehead atoms. The fourth-order valence-electron chi connectivity index (χ4n) is 2.00. The number of aryl methyl sites for hydroxylation is 1. The highest BCUT2D eigenvalue weighted by molar-refractivity contribution is 7.09. The Kier molecular flexibility index (Phi) is 3.43. The first-order chi connectivity index (χ1) is 8.08.